The van der Waals surface area contributed by atoms with E-state index in [9.17, 15) is 9.59 Å². The highest BCUT2D eigenvalue weighted by Gasteiger charge is 2.30. The van der Waals surface area contributed by atoms with E-state index in [1.165, 1.54) is 0 Å². The third-order valence-corrected chi connectivity index (χ3v) is 4.38. The summed E-state index contributed by atoms with van der Waals surface area (Å²) in [5.74, 6) is 0.692. The first-order valence-electron chi connectivity index (χ1n) is 8.39. The van der Waals surface area contributed by atoms with Gasteiger partial charge in [-0.25, -0.2) is 4.98 Å². The van der Waals surface area contributed by atoms with Gasteiger partial charge in [0.1, 0.15) is 0 Å². The van der Waals surface area contributed by atoms with Gasteiger partial charge in [-0.3, -0.25) is 14.6 Å². The Morgan fingerprint density at radius 1 is 1.25 bits per heavy atom. The van der Waals surface area contributed by atoms with E-state index in [4.69, 9.17) is 0 Å². The Labute approximate surface area is 141 Å². The number of aromatic amines is 1. The second kappa shape index (κ2) is 6.26. The number of carbonyl (C=O) groups excluding carboxylic acids is 1. The Morgan fingerprint density at radius 3 is 2.58 bits per heavy atom. The average molecular weight is 328 g/mol. The number of piperidine rings is 1. The van der Waals surface area contributed by atoms with E-state index in [-0.39, 0.29) is 22.9 Å². The van der Waals surface area contributed by atoms with Crippen molar-refractivity contribution in [3.63, 3.8) is 0 Å². The number of carbonyl (C=O) groups is 1. The topological polar surface area (TPSA) is 78.1 Å². The number of likely N-dealkylation sites (tertiary alicyclic amines) is 1. The summed E-state index contributed by atoms with van der Waals surface area (Å²) in [6.07, 6.45) is 1.69. The molecule has 2 N–H and O–H groups in total. The van der Waals surface area contributed by atoms with Crippen molar-refractivity contribution < 1.29 is 4.79 Å². The zero-order chi connectivity index (χ0) is 17.3. The van der Waals surface area contributed by atoms with Crippen molar-refractivity contribution in [3.05, 3.63) is 34.6 Å². The molecule has 0 atom stereocenters. The molecule has 3 rings (SSSR count). The lowest BCUT2D eigenvalue weighted by atomic mass is 9.93. The number of amides is 1. The Hall–Kier alpha value is -2.37. The lowest BCUT2D eigenvalue weighted by molar-refractivity contribution is -0.140. The number of aromatic nitrogens is 2. The van der Waals surface area contributed by atoms with Crippen molar-refractivity contribution in [2.24, 2.45) is 5.41 Å². The van der Waals surface area contributed by atoms with Crippen LogP contribution in [0.5, 0.6) is 0 Å². The Kier molecular flexibility index (Phi) is 4.30. The third kappa shape index (κ3) is 3.42. The van der Waals surface area contributed by atoms with Gasteiger partial charge in [-0.1, -0.05) is 32.9 Å². The van der Waals surface area contributed by atoms with Gasteiger partial charge >= 0.3 is 0 Å². The Bertz CT molecular complexity index is 799. The molecule has 24 heavy (non-hydrogen) atoms. The van der Waals surface area contributed by atoms with Crippen molar-refractivity contribution in [2.75, 3.05) is 18.4 Å². The van der Waals surface area contributed by atoms with Crippen LogP contribution in [-0.4, -0.2) is 39.9 Å². The smallest absolute Gasteiger partial charge is 0.260 e. The van der Waals surface area contributed by atoms with Crippen molar-refractivity contribution >= 4 is 22.8 Å². The fraction of sp³-hybridized carbons (Fsp3) is 0.500. The summed E-state index contributed by atoms with van der Waals surface area (Å²) in [6.45, 7) is 7.30. The van der Waals surface area contributed by atoms with Crippen LogP contribution in [0.3, 0.4) is 0 Å². The maximum Gasteiger partial charge on any atom is 0.260 e. The van der Waals surface area contributed by atoms with Gasteiger partial charge in [0, 0.05) is 24.5 Å². The molecule has 6 nitrogen and oxygen atoms in total. The number of hydrogen-bond acceptors (Lipinski definition) is 4. The van der Waals surface area contributed by atoms with Gasteiger partial charge in [-0.15, -0.1) is 0 Å². The van der Waals surface area contributed by atoms with Gasteiger partial charge in [0.05, 0.1) is 10.9 Å². The highest BCUT2D eigenvalue weighted by atomic mass is 16.2. The fourth-order valence-electron chi connectivity index (χ4n) is 3.05. The minimum Gasteiger partial charge on any atom is -0.353 e. The summed E-state index contributed by atoms with van der Waals surface area (Å²) in [5, 5.41) is 3.90. The molecule has 2 aromatic rings. The van der Waals surface area contributed by atoms with Crippen molar-refractivity contribution in [1.29, 1.82) is 0 Å². The maximum absolute atomic E-state index is 12.3. The van der Waals surface area contributed by atoms with Crippen LogP contribution in [0.4, 0.5) is 5.95 Å². The lowest BCUT2D eigenvalue weighted by Crippen LogP contribution is -2.46. The van der Waals surface area contributed by atoms with E-state index < -0.39 is 0 Å². The van der Waals surface area contributed by atoms with Gasteiger partial charge < -0.3 is 10.2 Å². The summed E-state index contributed by atoms with van der Waals surface area (Å²) >= 11 is 0. The van der Waals surface area contributed by atoms with Gasteiger partial charge in [0.25, 0.3) is 5.56 Å². The van der Waals surface area contributed by atoms with Crippen molar-refractivity contribution in [1.82, 2.24) is 14.9 Å². The van der Waals surface area contributed by atoms with E-state index in [0.717, 1.165) is 25.9 Å². The quantitative estimate of drug-likeness (QED) is 0.887. The van der Waals surface area contributed by atoms with Crippen LogP contribution < -0.4 is 10.9 Å². The molecule has 0 aliphatic carbocycles. The molecule has 6 heteroatoms. The number of nitrogens with zero attached hydrogens (tertiary/aromatic N) is 2. The second-order valence-electron chi connectivity index (χ2n) is 7.39. The first-order chi connectivity index (χ1) is 11.3. The van der Waals surface area contributed by atoms with Crippen LogP contribution in [0.25, 0.3) is 10.9 Å². The van der Waals surface area contributed by atoms with Gasteiger partial charge in [0.15, 0.2) is 0 Å². The second-order valence-corrected chi connectivity index (χ2v) is 7.39. The predicted octanol–water partition coefficient (Wildman–Crippen LogP) is 2.37. The zero-order valence-electron chi connectivity index (χ0n) is 14.4. The van der Waals surface area contributed by atoms with Gasteiger partial charge in [-0.2, -0.15) is 0 Å². The molecule has 1 aliphatic rings. The number of nitrogens with one attached hydrogen (secondary N) is 2. The standard InChI is InChI=1S/C18H24N4O2/c1-18(2,3)16(24)22-10-8-12(9-11-22)19-17-20-14-7-5-4-6-13(14)15(23)21-17/h4-7,12H,8-11H2,1-3H3,(H2,19,20,21,23). The van der Waals surface area contributed by atoms with Crippen LogP contribution in [-0.2, 0) is 4.79 Å². The number of anilines is 1. The van der Waals surface area contributed by atoms with Gasteiger partial charge in [0.2, 0.25) is 11.9 Å². The summed E-state index contributed by atoms with van der Waals surface area (Å²) < 4.78 is 0. The highest BCUT2D eigenvalue weighted by molar-refractivity contribution is 5.81. The van der Waals surface area contributed by atoms with Crippen LogP contribution in [0.1, 0.15) is 33.6 Å². The normalized spacial score (nSPS) is 16.4. The summed E-state index contributed by atoms with van der Waals surface area (Å²) in [4.78, 5) is 33.6. The molecule has 128 valence electrons. The van der Waals surface area contributed by atoms with E-state index in [2.05, 4.69) is 15.3 Å². The minimum atomic E-state index is -0.342. The van der Waals surface area contributed by atoms with E-state index in [0.29, 0.717) is 16.9 Å². The molecule has 2 heterocycles. The number of para-hydroxylation sites is 1. The summed E-state index contributed by atoms with van der Waals surface area (Å²) in [6, 6.07) is 7.50. The molecule has 0 spiro atoms. The molecule has 1 aliphatic heterocycles. The van der Waals surface area contributed by atoms with Crippen LogP contribution >= 0.6 is 0 Å². The third-order valence-electron chi connectivity index (χ3n) is 4.38. The predicted molar refractivity (Wildman–Crippen MR) is 95.0 cm³/mol. The number of H-pyrrole nitrogens is 1. The first-order valence-corrected chi connectivity index (χ1v) is 8.39. The Balaban J connectivity index is 1.67. The molecule has 1 saturated heterocycles. The van der Waals surface area contributed by atoms with Crippen LogP contribution in [0, 0.1) is 5.41 Å². The minimum absolute atomic E-state index is 0.136. The fourth-order valence-corrected chi connectivity index (χ4v) is 3.05. The number of fused-ring (bicyclic) bond motifs is 1. The largest absolute Gasteiger partial charge is 0.353 e. The zero-order valence-corrected chi connectivity index (χ0v) is 14.4. The molecule has 0 bridgehead atoms. The number of hydrogen-bond donors (Lipinski definition) is 2. The molecule has 0 unspecified atom stereocenters. The molecular formula is C18H24N4O2. The van der Waals surface area contributed by atoms with Crippen molar-refractivity contribution in [3.8, 4) is 0 Å². The molecule has 1 fully saturated rings. The molecule has 0 radical (unpaired) electrons. The molecule has 1 aromatic carbocycles. The van der Waals surface area contributed by atoms with E-state index in [1.54, 1.807) is 6.07 Å². The molecular weight excluding hydrogens is 304 g/mol. The average Bonchev–Trinajstić information content (AvgIpc) is 2.54. The summed E-state index contributed by atoms with van der Waals surface area (Å²) in [7, 11) is 0. The van der Waals surface area contributed by atoms with Crippen LogP contribution in [0.15, 0.2) is 29.1 Å². The van der Waals surface area contributed by atoms with E-state index in [1.807, 2.05) is 43.9 Å². The highest BCUT2D eigenvalue weighted by Crippen LogP contribution is 2.22. The number of benzene rings is 1. The van der Waals surface area contributed by atoms with Gasteiger partial charge in [-0.05, 0) is 25.0 Å². The van der Waals surface area contributed by atoms with Crippen molar-refractivity contribution in [2.45, 2.75) is 39.7 Å². The SMILES string of the molecule is CC(C)(C)C(=O)N1CCC(Nc2nc3ccccc3c(=O)[nH]2)CC1. The lowest BCUT2D eigenvalue weighted by Gasteiger charge is -2.36. The molecule has 1 amide bonds. The first kappa shape index (κ1) is 16.5. The summed E-state index contributed by atoms with van der Waals surface area (Å²) in [5.41, 5.74) is 0.207. The maximum atomic E-state index is 12.3. The molecule has 1 aromatic heterocycles. The Morgan fingerprint density at radius 2 is 1.92 bits per heavy atom. The van der Waals surface area contributed by atoms with Crippen LogP contribution in [0.2, 0.25) is 0 Å². The monoisotopic (exact) mass is 328 g/mol. The number of rotatable bonds is 2. The van der Waals surface area contributed by atoms with E-state index >= 15 is 0 Å². The molecule has 0 saturated carbocycles.